The molecule has 28 heavy (non-hydrogen) atoms. The Morgan fingerprint density at radius 2 is 1.46 bits per heavy atom. The summed E-state index contributed by atoms with van der Waals surface area (Å²) in [7, 11) is 0.264. The Labute approximate surface area is 166 Å². The molecule has 0 saturated carbocycles. The van der Waals surface area contributed by atoms with Crippen LogP contribution in [-0.4, -0.2) is 17.3 Å². The van der Waals surface area contributed by atoms with Crippen molar-refractivity contribution < 1.29 is 13.7 Å². The van der Waals surface area contributed by atoms with Gasteiger partial charge >= 0.3 is 6.03 Å². The number of amides is 2. The number of carbonyl (C=O) groups is 1. The zero-order valence-electron chi connectivity index (χ0n) is 15.3. The van der Waals surface area contributed by atoms with Gasteiger partial charge in [0.15, 0.2) is 0 Å². The normalized spacial score (nSPS) is 11.5. The summed E-state index contributed by atoms with van der Waals surface area (Å²) in [5.41, 5.74) is 2.33. The van der Waals surface area contributed by atoms with E-state index in [4.69, 9.17) is 4.74 Å². The van der Waals surface area contributed by atoms with Gasteiger partial charge in [-0.2, -0.15) is 0 Å². The van der Waals surface area contributed by atoms with Gasteiger partial charge in [0.05, 0.1) is 12.0 Å². The maximum Gasteiger partial charge on any atom is 0.323 e. The molecule has 6 nitrogen and oxygen atoms in total. The number of rotatable bonds is 7. The Morgan fingerprint density at radius 3 is 2.07 bits per heavy atom. The van der Waals surface area contributed by atoms with E-state index in [1.54, 1.807) is 43.5 Å². The van der Waals surface area contributed by atoms with Gasteiger partial charge in [-0.15, -0.1) is 0 Å². The highest BCUT2D eigenvalue weighted by Gasteiger charge is 2.06. The van der Waals surface area contributed by atoms with E-state index in [1.165, 1.54) is 0 Å². The fraction of sp³-hybridized carbons (Fsp3) is 0.0952. The maximum atomic E-state index is 12.4. The van der Waals surface area contributed by atoms with E-state index >= 15 is 0 Å². The summed E-state index contributed by atoms with van der Waals surface area (Å²) in [6.45, 7) is 0.468. The third-order valence-corrected chi connectivity index (χ3v) is 5.03. The molecule has 0 radical (unpaired) electrons. The van der Waals surface area contributed by atoms with Gasteiger partial charge in [-0.1, -0.05) is 30.3 Å². The van der Waals surface area contributed by atoms with Crippen LogP contribution in [0, 0.1) is 0 Å². The van der Waals surface area contributed by atoms with Crippen LogP contribution in [0.4, 0.5) is 16.2 Å². The molecule has 2 amide bonds. The molecular weight excluding hydrogens is 374 g/mol. The van der Waals surface area contributed by atoms with E-state index < -0.39 is 11.0 Å². The molecule has 3 N–H and O–H groups in total. The Kier molecular flexibility index (Phi) is 6.78. The van der Waals surface area contributed by atoms with Crippen LogP contribution in [0.5, 0.6) is 5.75 Å². The zero-order valence-corrected chi connectivity index (χ0v) is 16.2. The number of nitrogens with one attached hydrogen (secondary N) is 3. The van der Waals surface area contributed by atoms with E-state index in [0.717, 1.165) is 11.3 Å². The second-order valence-electron chi connectivity index (χ2n) is 5.91. The van der Waals surface area contributed by atoms with Gasteiger partial charge in [-0.05, 0) is 54.1 Å². The SMILES string of the molecule is COc1ccc(CNS(=O)c2ccc(NC(=O)Nc3ccccc3)cc2)cc1. The standard InChI is InChI=1S/C21H21N3O3S/c1-27-19-11-7-16(8-12-19)15-22-28(26)20-13-9-18(10-14-20)24-21(25)23-17-5-3-2-4-6-17/h2-14,22H,15H2,1H3,(H2,23,24,25). The lowest BCUT2D eigenvalue weighted by Crippen LogP contribution is -2.19. The van der Waals surface area contributed by atoms with Gasteiger partial charge in [0, 0.05) is 17.9 Å². The molecule has 0 heterocycles. The topological polar surface area (TPSA) is 79.5 Å². The summed E-state index contributed by atoms with van der Waals surface area (Å²) in [6.07, 6.45) is 0. The fourth-order valence-electron chi connectivity index (χ4n) is 2.45. The molecule has 0 fully saturated rings. The van der Waals surface area contributed by atoms with Crippen LogP contribution in [0.15, 0.2) is 83.8 Å². The molecule has 0 aliphatic carbocycles. The molecule has 3 rings (SSSR count). The molecule has 1 atom stereocenters. The van der Waals surface area contributed by atoms with Gasteiger partial charge < -0.3 is 15.4 Å². The number of ether oxygens (including phenoxy) is 1. The van der Waals surface area contributed by atoms with Crippen molar-refractivity contribution in [2.24, 2.45) is 0 Å². The predicted molar refractivity (Wildman–Crippen MR) is 112 cm³/mol. The summed E-state index contributed by atoms with van der Waals surface area (Å²) in [5, 5.41) is 5.49. The summed E-state index contributed by atoms with van der Waals surface area (Å²) < 4.78 is 20.5. The predicted octanol–water partition coefficient (Wildman–Crippen LogP) is 4.15. The number of anilines is 2. The number of methoxy groups -OCH3 is 1. The highest BCUT2D eigenvalue weighted by atomic mass is 32.2. The summed E-state index contributed by atoms with van der Waals surface area (Å²) in [6, 6.07) is 23.3. The molecule has 0 aliphatic rings. The second kappa shape index (κ2) is 9.68. The molecular formula is C21H21N3O3S. The Balaban J connectivity index is 1.51. The van der Waals surface area contributed by atoms with Crippen molar-refractivity contribution in [1.29, 1.82) is 0 Å². The highest BCUT2D eigenvalue weighted by Crippen LogP contribution is 2.14. The van der Waals surface area contributed by atoms with Gasteiger partial charge in [0.2, 0.25) is 0 Å². The first-order valence-electron chi connectivity index (χ1n) is 8.65. The highest BCUT2D eigenvalue weighted by molar-refractivity contribution is 7.83. The van der Waals surface area contributed by atoms with Gasteiger partial charge in [0.25, 0.3) is 0 Å². The van der Waals surface area contributed by atoms with E-state index in [9.17, 15) is 9.00 Å². The summed E-state index contributed by atoms with van der Waals surface area (Å²) in [5.74, 6) is 0.782. The molecule has 3 aromatic rings. The van der Waals surface area contributed by atoms with Crippen molar-refractivity contribution in [3.63, 3.8) is 0 Å². The van der Waals surface area contributed by atoms with Crippen molar-refractivity contribution in [2.75, 3.05) is 17.7 Å². The lowest BCUT2D eigenvalue weighted by Gasteiger charge is -2.09. The minimum atomic E-state index is -1.35. The van der Waals surface area contributed by atoms with Crippen molar-refractivity contribution in [1.82, 2.24) is 4.72 Å². The van der Waals surface area contributed by atoms with Gasteiger partial charge in [-0.25, -0.2) is 13.7 Å². The van der Waals surface area contributed by atoms with Crippen molar-refractivity contribution >= 4 is 28.4 Å². The van der Waals surface area contributed by atoms with E-state index in [0.29, 0.717) is 22.8 Å². The quantitative estimate of drug-likeness (QED) is 0.562. The average Bonchev–Trinajstić information content (AvgIpc) is 2.73. The molecule has 0 bridgehead atoms. The van der Waals surface area contributed by atoms with Gasteiger partial charge in [-0.3, -0.25) is 0 Å². The van der Waals surface area contributed by atoms with Crippen molar-refractivity contribution in [3.05, 3.63) is 84.4 Å². The van der Waals surface area contributed by atoms with Crippen molar-refractivity contribution in [3.8, 4) is 5.75 Å². The van der Waals surface area contributed by atoms with Crippen LogP contribution in [0.1, 0.15) is 5.56 Å². The lowest BCUT2D eigenvalue weighted by molar-refractivity contribution is 0.262. The molecule has 0 saturated heterocycles. The first-order chi connectivity index (χ1) is 13.6. The van der Waals surface area contributed by atoms with E-state index in [-0.39, 0.29) is 6.03 Å². The number of hydrogen-bond acceptors (Lipinski definition) is 3. The van der Waals surface area contributed by atoms with Crippen LogP contribution < -0.4 is 20.1 Å². The maximum absolute atomic E-state index is 12.4. The molecule has 144 valence electrons. The minimum Gasteiger partial charge on any atom is -0.497 e. The van der Waals surface area contributed by atoms with Crippen LogP contribution in [0.3, 0.4) is 0 Å². The monoisotopic (exact) mass is 395 g/mol. The van der Waals surface area contributed by atoms with Crippen LogP contribution in [0.2, 0.25) is 0 Å². The number of carbonyl (C=O) groups excluding carboxylic acids is 1. The van der Waals surface area contributed by atoms with Crippen LogP contribution >= 0.6 is 0 Å². The average molecular weight is 395 g/mol. The summed E-state index contributed by atoms with van der Waals surface area (Å²) >= 11 is 0. The summed E-state index contributed by atoms with van der Waals surface area (Å²) in [4.78, 5) is 12.6. The molecule has 3 aromatic carbocycles. The third-order valence-electron chi connectivity index (χ3n) is 3.92. The fourth-order valence-corrected chi connectivity index (χ4v) is 3.30. The van der Waals surface area contributed by atoms with Crippen molar-refractivity contribution in [2.45, 2.75) is 11.4 Å². The largest absolute Gasteiger partial charge is 0.497 e. The molecule has 0 aromatic heterocycles. The van der Waals surface area contributed by atoms with Crippen LogP contribution in [0.25, 0.3) is 0 Å². The van der Waals surface area contributed by atoms with Gasteiger partial charge in [0.1, 0.15) is 16.7 Å². The number of hydrogen-bond donors (Lipinski definition) is 3. The third kappa shape index (κ3) is 5.67. The number of para-hydroxylation sites is 1. The second-order valence-corrected chi connectivity index (χ2v) is 7.20. The number of urea groups is 1. The first kappa shape index (κ1) is 19.6. The molecule has 0 spiro atoms. The van der Waals surface area contributed by atoms with E-state index in [1.807, 2.05) is 42.5 Å². The molecule has 7 heteroatoms. The van der Waals surface area contributed by atoms with E-state index in [2.05, 4.69) is 15.4 Å². The molecule has 0 aliphatic heterocycles. The first-order valence-corrected chi connectivity index (χ1v) is 9.80. The Hall–Kier alpha value is -3.16. The smallest absolute Gasteiger partial charge is 0.323 e. The molecule has 1 unspecified atom stereocenters. The minimum absolute atomic E-state index is 0.335. The Bertz CT molecular complexity index is 929. The Morgan fingerprint density at radius 1 is 0.857 bits per heavy atom. The van der Waals surface area contributed by atoms with Crippen LogP contribution in [-0.2, 0) is 17.5 Å². The number of benzene rings is 3. The lowest BCUT2D eigenvalue weighted by atomic mass is 10.2. The zero-order chi connectivity index (χ0) is 19.8.